The molecular formula is C30H39NO8. The number of carbonyl (C=O) groups is 3. The van der Waals surface area contributed by atoms with Crippen molar-refractivity contribution in [2.75, 3.05) is 33.9 Å². The van der Waals surface area contributed by atoms with Crippen molar-refractivity contribution in [1.29, 1.82) is 0 Å². The maximum absolute atomic E-state index is 13.1. The first-order valence-electron chi connectivity index (χ1n) is 13.3. The van der Waals surface area contributed by atoms with Crippen LogP contribution in [0.2, 0.25) is 0 Å². The fraction of sp³-hybridized carbons (Fsp3) is 0.500. The second-order valence-electron chi connectivity index (χ2n) is 9.85. The lowest BCUT2D eigenvalue weighted by molar-refractivity contribution is -0.150. The van der Waals surface area contributed by atoms with Gasteiger partial charge in [-0.3, -0.25) is 14.4 Å². The van der Waals surface area contributed by atoms with Crippen molar-refractivity contribution in [3.8, 4) is 23.0 Å². The number of carbonyl (C=O) groups excluding carboxylic acids is 3. The van der Waals surface area contributed by atoms with Gasteiger partial charge in [-0.2, -0.15) is 0 Å². The summed E-state index contributed by atoms with van der Waals surface area (Å²) in [6.07, 6.45) is 5.47. The third-order valence-corrected chi connectivity index (χ3v) is 6.52. The normalized spacial score (nSPS) is 14.3. The van der Waals surface area contributed by atoms with Gasteiger partial charge in [0.1, 0.15) is 29.1 Å². The van der Waals surface area contributed by atoms with Crippen LogP contribution < -0.4 is 18.9 Å². The predicted molar refractivity (Wildman–Crippen MR) is 147 cm³/mol. The number of methoxy groups -OCH3 is 2. The van der Waals surface area contributed by atoms with Crippen molar-refractivity contribution in [3.63, 3.8) is 0 Å². The topological polar surface area (TPSA) is 101 Å². The second-order valence-corrected chi connectivity index (χ2v) is 9.85. The van der Waals surface area contributed by atoms with Crippen LogP contribution in [0.4, 0.5) is 0 Å². The predicted octanol–water partition coefficient (Wildman–Crippen LogP) is 5.52. The molecule has 1 atom stereocenters. The van der Waals surface area contributed by atoms with E-state index in [0.29, 0.717) is 40.8 Å². The Morgan fingerprint density at radius 3 is 2.03 bits per heavy atom. The minimum Gasteiger partial charge on any atom is -0.496 e. The number of piperidine rings is 1. The fourth-order valence-corrected chi connectivity index (χ4v) is 4.79. The molecule has 0 aromatic heterocycles. The summed E-state index contributed by atoms with van der Waals surface area (Å²) in [4.78, 5) is 39.1. The van der Waals surface area contributed by atoms with Gasteiger partial charge in [0.2, 0.25) is 0 Å². The van der Waals surface area contributed by atoms with Crippen LogP contribution in [0.15, 0.2) is 29.8 Å². The van der Waals surface area contributed by atoms with Gasteiger partial charge in [0, 0.05) is 32.4 Å². The van der Waals surface area contributed by atoms with Crippen molar-refractivity contribution in [2.24, 2.45) is 0 Å². The molecule has 0 radical (unpaired) electrons. The van der Waals surface area contributed by atoms with Gasteiger partial charge in [-0.25, -0.2) is 0 Å². The van der Waals surface area contributed by atoms with Gasteiger partial charge < -0.3 is 28.6 Å². The first-order valence-corrected chi connectivity index (χ1v) is 13.3. The van der Waals surface area contributed by atoms with Crippen molar-refractivity contribution in [3.05, 3.63) is 35.4 Å². The molecule has 1 aliphatic heterocycles. The summed E-state index contributed by atoms with van der Waals surface area (Å²) in [6, 6.07) is 4.78. The van der Waals surface area contributed by atoms with Gasteiger partial charge in [-0.15, -0.1) is 0 Å². The number of hydrogen-bond acceptors (Lipinski definition) is 9. The molecule has 1 heterocycles. The maximum Gasteiger partial charge on any atom is 0.308 e. The highest BCUT2D eigenvalue weighted by atomic mass is 16.6. The third kappa shape index (κ3) is 7.95. The molecule has 0 saturated carbocycles. The number of allylic oxidation sites excluding steroid dienone is 1. The van der Waals surface area contributed by atoms with Gasteiger partial charge in [0.15, 0.2) is 0 Å². The highest BCUT2D eigenvalue weighted by molar-refractivity contribution is 6.04. The van der Waals surface area contributed by atoms with Crippen LogP contribution >= 0.6 is 0 Å². The van der Waals surface area contributed by atoms with E-state index < -0.39 is 18.0 Å². The van der Waals surface area contributed by atoms with Crippen LogP contribution in [-0.4, -0.2) is 56.7 Å². The zero-order valence-corrected chi connectivity index (χ0v) is 23.8. The van der Waals surface area contributed by atoms with Crippen molar-refractivity contribution in [2.45, 2.75) is 65.9 Å². The molecule has 0 bridgehead atoms. The van der Waals surface area contributed by atoms with E-state index in [4.69, 9.17) is 23.7 Å². The number of rotatable bonds is 11. The first kappa shape index (κ1) is 30.0. The van der Waals surface area contributed by atoms with Gasteiger partial charge in [0.25, 0.3) is 0 Å². The van der Waals surface area contributed by atoms with Crippen LogP contribution in [0.25, 0.3) is 10.8 Å². The summed E-state index contributed by atoms with van der Waals surface area (Å²) in [7, 11) is 2.97. The first-order chi connectivity index (χ1) is 18.6. The number of ether oxygens (including phenoxy) is 5. The number of likely N-dealkylation sites (tertiary alicyclic amines) is 1. The monoisotopic (exact) mass is 541 g/mol. The number of benzene rings is 2. The van der Waals surface area contributed by atoms with Crippen LogP contribution in [0.3, 0.4) is 0 Å². The average Bonchev–Trinajstić information content (AvgIpc) is 2.90. The van der Waals surface area contributed by atoms with Crippen molar-refractivity contribution < 1.29 is 38.1 Å². The Labute approximate surface area is 230 Å². The third-order valence-electron chi connectivity index (χ3n) is 6.52. The summed E-state index contributed by atoms with van der Waals surface area (Å²) in [5.41, 5.74) is 1.60. The standard InChI is InChI=1S/C30H39NO8/c1-19(2)10-11-23(39-27(34)14-17-31-15-8-7-9-16-31)22-18-26(35-5)28-24(37-20(3)32)12-13-25(38-21(4)33)29(28)30(22)36-6/h10,12-13,18,23H,7-9,11,14-17H2,1-6H3/t23-/m0/s1. The zero-order valence-electron chi connectivity index (χ0n) is 23.8. The molecule has 1 fully saturated rings. The maximum atomic E-state index is 13.1. The van der Waals surface area contributed by atoms with Crippen LogP contribution in [0.5, 0.6) is 23.0 Å². The Bertz CT molecular complexity index is 1230. The molecule has 1 aliphatic rings. The summed E-state index contributed by atoms with van der Waals surface area (Å²) < 4.78 is 28.6. The van der Waals surface area contributed by atoms with E-state index >= 15 is 0 Å². The Kier molecular flexibility index (Phi) is 10.7. The smallest absolute Gasteiger partial charge is 0.308 e. The molecule has 0 aliphatic carbocycles. The SMILES string of the molecule is COc1cc([C@H](CC=C(C)C)OC(=O)CCN2CCCCC2)c(OC)c2c(OC(C)=O)ccc(OC(C)=O)c12. The van der Waals surface area contributed by atoms with E-state index in [9.17, 15) is 14.4 Å². The molecule has 212 valence electrons. The molecule has 9 nitrogen and oxygen atoms in total. The highest BCUT2D eigenvalue weighted by Gasteiger charge is 2.28. The van der Waals surface area contributed by atoms with Crippen molar-refractivity contribution in [1.82, 2.24) is 4.90 Å². The minimum atomic E-state index is -0.704. The van der Waals surface area contributed by atoms with Crippen molar-refractivity contribution >= 4 is 28.7 Å². The summed E-state index contributed by atoms with van der Waals surface area (Å²) in [6.45, 7) is 9.16. The number of fused-ring (bicyclic) bond motifs is 1. The van der Waals surface area contributed by atoms with Gasteiger partial charge >= 0.3 is 17.9 Å². The Balaban J connectivity index is 2.12. The second kappa shape index (κ2) is 14.0. The molecule has 9 heteroatoms. The summed E-state index contributed by atoms with van der Waals surface area (Å²) in [5, 5.41) is 0.761. The van der Waals surface area contributed by atoms with Gasteiger partial charge in [-0.05, 0) is 58.0 Å². The lowest BCUT2D eigenvalue weighted by Gasteiger charge is -2.27. The summed E-state index contributed by atoms with van der Waals surface area (Å²) >= 11 is 0. The summed E-state index contributed by atoms with van der Waals surface area (Å²) in [5.74, 6) is -0.288. The number of nitrogens with zero attached hydrogens (tertiary/aromatic N) is 1. The Morgan fingerprint density at radius 1 is 0.872 bits per heavy atom. The van der Waals surface area contributed by atoms with E-state index in [1.165, 1.54) is 46.6 Å². The Hall–Kier alpha value is -3.59. The number of esters is 3. The molecule has 1 saturated heterocycles. The lowest BCUT2D eigenvalue weighted by atomic mass is 9.96. The average molecular weight is 542 g/mol. The largest absolute Gasteiger partial charge is 0.496 e. The quantitative estimate of drug-likeness (QED) is 0.207. The molecule has 3 rings (SSSR count). The van der Waals surface area contributed by atoms with Crippen LogP contribution in [0.1, 0.15) is 71.5 Å². The van der Waals surface area contributed by atoms with Crippen LogP contribution in [-0.2, 0) is 19.1 Å². The molecule has 0 amide bonds. The lowest BCUT2D eigenvalue weighted by Crippen LogP contribution is -2.32. The van der Waals surface area contributed by atoms with E-state index in [1.807, 2.05) is 19.9 Å². The highest BCUT2D eigenvalue weighted by Crippen LogP contribution is 2.49. The molecule has 0 N–H and O–H groups in total. The molecule has 0 spiro atoms. The fourth-order valence-electron chi connectivity index (χ4n) is 4.79. The minimum absolute atomic E-state index is 0.197. The Morgan fingerprint density at radius 2 is 1.49 bits per heavy atom. The molecule has 0 unspecified atom stereocenters. The molecule has 2 aromatic rings. The molecule has 2 aromatic carbocycles. The van der Waals surface area contributed by atoms with E-state index in [1.54, 1.807) is 6.07 Å². The number of hydrogen-bond donors (Lipinski definition) is 0. The zero-order chi connectivity index (χ0) is 28.5. The van der Waals surface area contributed by atoms with Crippen LogP contribution in [0, 0.1) is 0 Å². The molecule has 39 heavy (non-hydrogen) atoms. The van der Waals surface area contributed by atoms with E-state index in [2.05, 4.69) is 4.90 Å². The van der Waals surface area contributed by atoms with Gasteiger partial charge in [-0.1, -0.05) is 18.1 Å². The van der Waals surface area contributed by atoms with Gasteiger partial charge in [0.05, 0.1) is 31.4 Å². The van der Waals surface area contributed by atoms with E-state index in [0.717, 1.165) is 31.5 Å². The van der Waals surface area contributed by atoms with E-state index in [-0.39, 0.29) is 23.9 Å². The molecular weight excluding hydrogens is 502 g/mol.